The van der Waals surface area contributed by atoms with Gasteiger partial charge in [-0.25, -0.2) is 8.42 Å². The fourth-order valence-corrected chi connectivity index (χ4v) is 4.74. The van der Waals surface area contributed by atoms with Crippen LogP contribution in [0.15, 0.2) is 41.3 Å². The quantitative estimate of drug-likeness (QED) is 0.758. The molecule has 2 aromatic rings. The molecule has 0 aliphatic carbocycles. The standard InChI is InChI=1S/C21H25N3O4S/c1-14-6-9-18(16(3)11-14)23-29(27,28)19-12-17(8-7-15(19)2)22-20(25)13-24-10-4-5-21(24)26/h6-9,11-12,23H,4-5,10,13H2,1-3H3,(H,22,25). The molecule has 0 bridgehead atoms. The number of benzene rings is 2. The van der Waals surface area contributed by atoms with Gasteiger partial charge >= 0.3 is 0 Å². The van der Waals surface area contributed by atoms with Gasteiger partial charge in [-0.15, -0.1) is 0 Å². The lowest BCUT2D eigenvalue weighted by atomic mass is 10.1. The Morgan fingerprint density at radius 1 is 1.07 bits per heavy atom. The second kappa shape index (κ2) is 8.24. The van der Waals surface area contributed by atoms with Gasteiger partial charge in [0.05, 0.1) is 17.1 Å². The molecule has 0 aromatic heterocycles. The molecule has 1 aliphatic rings. The maximum Gasteiger partial charge on any atom is 0.262 e. The first-order chi connectivity index (χ1) is 13.7. The van der Waals surface area contributed by atoms with Crippen LogP contribution in [0.2, 0.25) is 0 Å². The fourth-order valence-electron chi connectivity index (χ4n) is 3.34. The number of sulfonamides is 1. The Morgan fingerprint density at radius 2 is 1.83 bits per heavy atom. The van der Waals surface area contributed by atoms with Crippen LogP contribution >= 0.6 is 0 Å². The number of rotatable bonds is 6. The topological polar surface area (TPSA) is 95.6 Å². The van der Waals surface area contributed by atoms with Crippen LogP contribution in [-0.4, -0.2) is 38.2 Å². The van der Waals surface area contributed by atoms with Crippen LogP contribution in [0.1, 0.15) is 29.5 Å². The molecule has 0 saturated carbocycles. The Bertz CT molecular complexity index is 1060. The zero-order valence-electron chi connectivity index (χ0n) is 16.8. The number of aryl methyl sites for hydroxylation is 3. The Hall–Kier alpha value is -2.87. The number of hydrogen-bond donors (Lipinski definition) is 2. The predicted molar refractivity (Wildman–Crippen MR) is 112 cm³/mol. The number of likely N-dealkylation sites (tertiary alicyclic amines) is 1. The molecule has 3 rings (SSSR count). The number of hydrogen-bond acceptors (Lipinski definition) is 4. The summed E-state index contributed by atoms with van der Waals surface area (Å²) >= 11 is 0. The highest BCUT2D eigenvalue weighted by atomic mass is 32.2. The van der Waals surface area contributed by atoms with Crippen LogP contribution in [0.3, 0.4) is 0 Å². The van der Waals surface area contributed by atoms with Gasteiger partial charge in [-0.3, -0.25) is 14.3 Å². The highest BCUT2D eigenvalue weighted by molar-refractivity contribution is 7.92. The van der Waals surface area contributed by atoms with Gasteiger partial charge in [0.1, 0.15) is 0 Å². The van der Waals surface area contributed by atoms with Crippen molar-refractivity contribution < 1.29 is 18.0 Å². The van der Waals surface area contributed by atoms with E-state index in [1.165, 1.54) is 11.0 Å². The van der Waals surface area contributed by atoms with Crippen molar-refractivity contribution >= 4 is 33.2 Å². The van der Waals surface area contributed by atoms with E-state index in [1.807, 2.05) is 26.0 Å². The van der Waals surface area contributed by atoms with Crippen molar-refractivity contribution in [2.24, 2.45) is 0 Å². The molecule has 0 spiro atoms. The molecular formula is C21H25N3O4S. The molecule has 154 valence electrons. The normalized spacial score (nSPS) is 14.2. The maximum atomic E-state index is 12.9. The van der Waals surface area contributed by atoms with Crippen LogP contribution < -0.4 is 10.0 Å². The first kappa shape index (κ1) is 20.9. The number of nitrogens with zero attached hydrogens (tertiary/aromatic N) is 1. The summed E-state index contributed by atoms with van der Waals surface area (Å²) in [6, 6.07) is 10.2. The van der Waals surface area contributed by atoms with Crippen LogP contribution in [0.4, 0.5) is 11.4 Å². The number of nitrogens with one attached hydrogen (secondary N) is 2. The Kier molecular flexibility index (Phi) is 5.93. The summed E-state index contributed by atoms with van der Waals surface area (Å²) in [6.45, 7) is 6.02. The third-order valence-corrected chi connectivity index (χ3v) is 6.40. The van der Waals surface area contributed by atoms with Gasteiger partial charge in [-0.1, -0.05) is 23.8 Å². The third-order valence-electron chi connectivity index (χ3n) is 4.89. The lowest BCUT2D eigenvalue weighted by Crippen LogP contribution is -2.34. The minimum atomic E-state index is -3.83. The van der Waals surface area contributed by atoms with Crippen molar-refractivity contribution in [3.63, 3.8) is 0 Å². The number of amides is 2. The molecule has 0 radical (unpaired) electrons. The molecule has 1 saturated heterocycles. The maximum absolute atomic E-state index is 12.9. The first-order valence-electron chi connectivity index (χ1n) is 9.44. The lowest BCUT2D eigenvalue weighted by molar-refractivity contribution is -0.131. The van der Waals surface area contributed by atoms with Crippen molar-refractivity contribution in [2.75, 3.05) is 23.1 Å². The predicted octanol–water partition coefficient (Wildman–Crippen LogP) is 2.97. The summed E-state index contributed by atoms with van der Waals surface area (Å²) in [7, 11) is -3.83. The summed E-state index contributed by atoms with van der Waals surface area (Å²) in [6.07, 6.45) is 1.22. The number of carbonyl (C=O) groups excluding carboxylic acids is 2. The van der Waals surface area contributed by atoms with Crippen molar-refractivity contribution in [3.8, 4) is 0 Å². The van der Waals surface area contributed by atoms with E-state index in [2.05, 4.69) is 10.0 Å². The SMILES string of the molecule is Cc1ccc(NS(=O)(=O)c2cc(NC(=O)CN3CCCC3=O)ccc2C)c(C)c1. The summed E-state index contributed by atoms with van der Waals surface area (Å²) in [5.41, 5.74) is 3.31. The monoisotopic (exact) mass is 415 g/mol. The Balaban J connectivity index is 1.78. The second-order valence-corrected chi connectivity index (χ2v) is 9.02. The minimum Gasteiger partial charge on any atom is -0.333 e. The summed E-state index contributed by atoms with van der Waals surface area (Å²) in [4.78, 5) is 25.5. The van der Waals surface area contributed by atoms with Gasteiger partial charge in [0, 0.05) is 18.7 Å². The van der Waals surface area contributed by atoms with Gasteiger partial charge in [0.25, 0.3) is 10.0 Å². The van der Waals surface area contributed by atoms with E-state index in [0.717, 1.165) is 17.5 Å². The average Bonchev–Trinajstić information content (AvgIpc) is 3.03. The molecule has 7 nitrogen and oxygen atoms in total. The molecule has 8 heteroatoms. The summed E-state index contributed by atoms with van der Waals surface area (Å²) < 4.78 is 28.5. The molecular weight excluding hydrogens is 390 g/mol. The summed E-state index contributed by atoms with van der Waals surface area (Å²) in [5.74, 6) is -0.389. The molecule has 1 heterocycles. The molecule has 0 atom stereocenters. The lowest BCUT2D eigenvalue weighted by Gasteiger charge is -2.16. The Labute approximate surface area is 171 Å². The van der Waals surface area contributed by atoms with Gasteiger partial charge < -0.3 is 10.2 Å². The van der Waals surface area contributed by atoms with E-state index in [0.29, 0.717) is 29.9 Å². The van der Waals surface area contributed by atoms with Crippen LogP contribution in [0.25, 0.3) is 0 Å². The number of carbonyl (C=O) groups is 2. The van der Waals surface area contributed by atoms with Crippen molar-refractivity contribution in [1.29, 1.82) is 0 Å². The first-order valence-corrected chi connectivity index (χ1v) is 10.9. The van der Waals surface area contributed by atoms with E-state index in [9.17, 15) is 18.0 Å². The zero-order valence-corrected chi connectivity index (χ0v) is 17.6. The smallest absolute Gasteiger partial charge is 0.262 e. The third kappa shape index (κ3) is 4.95. The summed E-state index contributed by atoms with van der Waals surface area (Å²) in [5, 5.41) is 2.69. The second-order valence-electron chi connectivity index (χ2n) is 7.37. The van der Waals surface area contributed by atoms with Gasteiger partial charge in [-0.2, -0.15) is 0 Å². The molecule has 2 N–H and O–H groups in total. The zero-order chi connectivity index (χ0) is 21.2. The molecule has 0 unspecified atom stereocenters. The van der Waals surface area contributed by atoms with Crippen molar-refractivity contribution in [1.82, 2.24) is 4.90 Å². The molecule has 2 aromatic carbocycles. The number of anilines is 2. The van der Waals surface area contributed by atoms with Gasteiger partial charge in [-0.05, 0) is 56.5 Å². The highest BCUT2D eigenvalue weighted by Gasteiger charge is 2.23. The van der Waals surface area contributed by atoms with Gasteiger partial charge in [0.2, 0.25) is 11.8 Å². The molecule has 1 fully saturated rings. The highest BCUT2D eigenvalue weighted by Crippen LogP contribution is 2.25. The molecule has 29 heavy (non-hydrogen) atoms. The van der Waals surface area contributed by atoms with Crippen molar-refractivity contribution in [2.45, 2.75) is 38.5 Å². The largest absolute Gasteiger partial charge is 0.333 e. The van der Waals surface area contributed by atoms with Crippen LogP contribution in [0, 0.1) is 20.8 Å². The molecule has 2 amide bonds. The molecule has 1 aliphatic heterocycles. The van der Waals surface area contributed by atoms with E-state index >= 15 is 0 Å². The van der Waals surface area contributed by atoms with E-state index in [1.54, 1.807) is 25.1 Å². The minimum absolute atomic E-state index is 0.0321. The fraction of sp³-hybridized carbons (Fsp3) is 0.333. The van der Waals surface area contributed by atoms with Gasteiger partial charge in [0.15, 0.2) is 0 Å². The van der Waals surface area contributed by atoms with Crippen molar-refractivity contribution in [3.05, 3.63) is 53.1 Å². The van der Waals surface area contributed by atoms with E-state index in [4.69, 9.17) is 0 Å². The van der Waals surface area contributed by atoms with Crippen LogP contribution in [-0.2, 0) is 19.6 Å². The van der Waals surface area contributed by atoms with E-state index < -0.39 is 10.0 Å². The van der Waals surface area contributed by atoms with Crippen LogP contribution in [0.5, 0.6) is 0 Å². The average molecular weight is 416 g/mol. The van der Waals surface area contributed by atoms with E-state index in [-0.39, 0.29) is 23.3 Å². The Morgan fingerprint density at radius 3 is 2.48 bits per heavy atom.